The second-order valence-corrected chi connectivity index (χ2v) is 6.57. The van der Waals surface area contributed by atoms with E-state index >= 15 is 0 Å². The molecular weight excluding hydrogens is 396 g/mol. The molecule has 0 heterocycles. The fourth-order valence-electron chi connectivity index (χ4n) is 3.22. The molecule has 6 heteroatoms. The lowest BCUT2D eigenvalue weighted by Gasteiger charge is -2.21. The Kier molecular flexibility index (Phi) is 8.88. The van der Waals surface area contributed by atoms with E-state index in [4.69, 9.17) is 18.9 Å². The van der Waals surface area contributed by atoms with Gasteiger partial charge in [0.15, 0.2) is 5.78 Å². The van der Waals surface area contributed by atoms with Gasteiger partial charge in [-0.3, -0.25) is 9.59 Å². The third-order valence-corrected chi connectivity index (χ3v) is 4.65. The Morgan fingerprint density at radius 3 is 2.23 bits per heavy atom. The largest absolute Gasteiger partial charge is 0.497 e. The number of rotatable bonds is 12. The predicted octanol–water partition coefficient (Wildman–Crippen LogP) is 4.33. The van der Waals surface area contributed by atoms with Gasteiger partial charge in [-0.15, -0.1) is 0 Å². The standard InChI is InChI=1S/C25H28O6/c1-6-12-30-21-16-22(31-13-7-2)24(20(19(21)8-3)15-23(26)29-5)25(27)17-10-9-11-18(14-17)28-4/h6-7,9-11,14,16H,1-2,8,12-13,15H2,3-5H3. The summed E-state index contributed by atoms with van der Waals surface area (Å²) in [5.74, 6) is 0.632. The molecule has 0 amide bonds. The summed E-state index contributed by atoms with van der Waals surface area (Å²) in [5, 5.41) is 0. The Bertz CT molecular complexity index is 961. The maximum absolute atomic E-state index is 13.6. The number of carbonyl (C=O) groups excluding carboxylic acids is 2. The Morgan fingerprint density at radius 1 is 0.968 bits per heavy atom. The van der Waals surface area contributed by atoms with E-state index in [1.165, 1.54) is 14.2 Å². The van der Waals surface area contributed by atoms with Gasteiger partial charge in [0, 0.05) is 11.6 Å². The van der Waals surface area contributed by atoms with Crippen LogP contribution in [0, 0.1) is 0 Å². The first-order valence-electron chi connectivity index (χ1n) is 9.92. The summed E-state index contributed by atoms with van der Waals surface area (Å²) >= 11 is 0. The topological polar surface area (TPSA) is 71.1 Å². The van der Waals surface area contributed by atoms with Crippen LogP contribution in [-0.2, 0) is 22.4 Å². The van der Waals surface area contributed by atoms with Gasteiger partial charge in [-0.2, -0.15) is 0 Å². The van der Waals surface area contributed by atoms with Crippen LogP contribution < -0.4 is 14.2 Å². The molecule has 0 saturated carbocycles. The van der Waals surface area contributed by atoms with Crippen molar-refractivity contribution in [2.75, 3.05) is 27.4 Å². The van der Waals surface area contributed by atoms with Gasteiger partial charge in [-0.1, -0.05) is 44.4 Å². The Labute approximate surface area is 183 Å². The van der Waals surface area contributed by atoms with Gasteiger partial charge in [0.2, 0.25) is 0 Å². The molecule has 0 atom stereocenters. The summed E-state index contributed by atoms with van der Waals surface area (Å²) in [5.41, 5.74) is 1.96. The van der Waals surface area contributed by atoms with Crippen LogP contribution in [-0.4, -0.2) is 39.2 Å². The van der Waals surface area contributed by atoms with Crippen LogP contribution in [0.25, 0.3) is 0 Å². The summed E-state index contributed by atoms with van der Waals surface area (Å²) in [6, 6.07) is 8.51. The molecule has 0 spiro atoms. The number of hydrogen-bond acceptors (Lipinski definition) is 6. The number of methoxy groups -OCH3 is 2. The number of benzene rings is 2. The molecule has 31 heavy (non-hydrogen) atoms. The molecule has 2 aromatic carbocycles. The van der Waals surface area contributed by atoms with Crippen molar-refractivity contribution >= 4 is 11.8 Å². The van der Waals surface area contributed by atoms with Crippen molar-refractivity contribution in [3.05, 3.63) is 77.9 Å². The van der Waals surface area contributed by atoms with Crippen molar-refractivity contribution in [2.45, 2.75) is 19.8 Å². The van der Waals surface area contributed by atoms with Crippen LogP contribution in [0.4, 0.5) is 0 Å². The molecule has 164 valence electrons. The average molecular weight is 424 g/mol. The minimum atomic E-state index is -0.468. The molecule has 0 fully saturated rings. The van der Waals surface area contributed by atoms with Crippen LogP contribution in [0.2, 0.25) is 0 Å². The summed E-state index contributed by atoms with van der Waals surface area (Å²) in [7, 11) is 2.84. The van der Waals surface area contributed by atoms with Gasteiger partial charge < -0.3 is 18.9 Å². The number of esters is 1. The van der Waals surface area contributed by atoms with Crippen LogP contribution in [0.1, 0.15) is 34.0 Å². The molecule has 0 aromatic heterocycles. The highest BCUT2D eigenvalue weighted by Gasteiger charge is 2.27. The molecule has 0 unspecified atom stereocenters. The zero-order valence-corrected chi connectivity index (χ0v) is 18.2. The van der Waals surface area contributed by atoms with Crippen molar-refractivity contribution in [1.82, 2.24) is 0 Å². The van der Waals surface area contributed by atoms with E-state index < -0.39 is 5.97 Å². The van der Waals surface area contributed by atoms with Crippen molar-refractivity contribution in [2.24, 2.45) is 0 Å². The maximum atomic E-state index is 13.6. The minimum Gasteiger partial charge on any atom is -0.497 e. The van der Waals surface area contributed by atoms with E-state index in [-0.39, 0.29) is 25.4 Å². The molecule has 6 nitrogen and oxygen atoms in total. The zero-order valence-electron chi connectivity index (χ0n) is 18.2. The minimum absolute atomic E-state index is 0.0968. The number of ether oxygens (including phenoxy) is 4. The van der Waals surface area contributed by atoms with Gasteiger partial charge >= 0.3 is 5.97 Å². The van der Waals surface area contributed by atoms with Crippen molar-refractivity contribution in [1.29, 1.82) is 0 Å². The average Bonchev–Trinajstić information content (AvgIpc) is 2.80. The molecule has 2 rings (SSSR count). The predicted molar refractivity (Wildman–Crippen MR) is 119 cm³/mol. The van der Waals surface area contributed by atoms with Crippen LogP contribution in [0.15, 0.2) is 55.6 Å². The Morgan fingerprint density at radius 2 is 1.65 bits per heavy atom. The van der Waals surface area contributed by atoms with Gasteiger partial charge in [-0.25, -0.2) is 0 Å². The number of hydrogen-bond donors (Lipinski definition) is 0. The van der Waals surface area contributed by atoms with E-state index in [2.05, 4.69) is 13.2 Å². The van der Waals surface area contributed by atoms with Crippen LogP contribution >= 0.6 is 0 Å². The van der Waals surface area contributed by atoms with Gasteiger partial charge in [0.1, 0.15) is 30.5 Å². The Hall–Kier alpha value is -3.54. The maximum Gasteiger partial charge on any atom is 0.310 e. The second-order valence-electron chi connectivity index (χ2n) is 6.57. The number of carbonyl (C=O) groups is 2. The van der Waals surface area contributed by atoms with E-state index in [1.807, 2.05) is 6.92 Å². The fourth-order valence-corrected chi connectivity index (χ4v) is 3.22. The van der Waals surface area contributed by atoms with E-state index in [0.29, 0.717) is 40.4 Å². The number of ketones is 1. The summed E-state index contributed by atoms with van der Waals surface area (Å²) in [6.07, 6.45) is 3.65. The first-order chi connectivity index (χ1) is 15.0. The lowest BCUT2D eigenvalue weighted by atomic mass is 9.90. The third kappa shape index (κ3) is 5.75. The molecule has 0 N–H and O–H groups in total. The monoisotopic (exact) mass is 424 g/mol. The summed E-state index contributed by atoms with van der Waals surface area (Å²) in [6.45, 7) is 9.74. The molecule has 0 aliphatic rings. The molecule has 0 aliphatic carbocycles. The Balaban J connectivity index is 2.78. The van der Waals surface area contributed by atoms with Crippen molar-refractivity contribution in [3.8, 4) is 17.2 Å². The highest BCUT2D eigenvalue weighted by molar-refractivity contribution is 6.12. The van der Waals surface area contributed by atoms with Crippen LogP contribution in [0.3, 0.4) is 0 Å². The molecule has 0 radical (unpaired) electrons. The lowest BCUT2D eigenvalue weighted by Crippen LogP contribution is -2.16. The van der Waals surface area contributed by atoms with Crippen LogP contribution in [0.5, 0.6) is 17.2 Å². The third-order valence-electron chi connectivity index (χ3n) is 4.65. The molecular formula is C25H28O6. The SMILES string of the molecule is C=CCOc1cc(OCC=C)c(C(=O)c2cccc(OC)c2)c(CC(=O)OC)c1CC. The van der Waals surface area contributed by atoms with Crippen molar-refractivity contribution < 1.29 is 28.5 Å². The fraction of sp³-hybridized carbons (Fsp3) is 0.280. The van der Waals surface area contributed by atoms with E-state index in [1.54, 1.807) is 42.5 Å². The summed E-state index contributed by atoms with van der Waals surface area (Å²) in [4.78, 5) is 25.9. The van der Waals surface area contributed by atoms with Crippen molar-refractivity contribution in [3.63, 3.8) is 0 Å². The zero-order chi connectivity index (χ0) is 22.8. The molecule has 0 saturated heterocycles. The normalized spacial score (nSPS) is 10.2. The quantitative estimate of drug-likeness (QED) is 0.287. The molecule has 0 aliphatic heterocycles. The first kappa shape index (κ1) is 23.7. The smallest absolute Gasteiger partial charge is 0.310 e. The van der Waals surface area contributed by atoms with E-state index in [9.17, 15) is 9.59 Å². The summed E-state index contributed by atoms with van der Waals surface area (Å²) < 4.78 is 21.8. The molecule has 0 bridgehead atoms. The lowest BCUT2D eigenvalue weighted by molar-refractivity contribution is -0.139. The highest BCUT2D eigenvalue weighted by Crippen LogP contribution is 2.37. The van der Waals surface area contributed by atoms with Gasteiger partial charge in [0.05, 0.1) is 26.2 Å². The van der Waals surface area contributed by atoms with Gasteiger partial charge in [-0.05, 0) is 29.7 Å². The van der Waals surface area contributed by atoms with E-state index in [0.717, 1.165) is 5.56 Å². The highest BCUT2D eigenvalue weighted by atomic mass is 16.5. The molecule has 2 aromatic rings. The second kappa shape index (κ2) is 11.6. The van der Waals surface area contributed by atoms with Gasteiger partial charge in [0.25, 0.3) is 0 Å². The first-order valence-corrected chi connectivity index (χ1v) is 9.92.